The third-order valence-electron chi connectivity index (χ3n) is 5.10. The Morgan fingerprint density at radius 1 is 1.27 bits per heavy atom. The van der Waals surface area contributed by atoms with E-state index >= 15 is 0 Å². The largest absolute Gasteiger partial charge is 0.381 e. The minimum atomic E-state index is -0.588. The van der Waals surface area contributed by atoms with Crippen molar-refractivity contribution in [2.45, 2.75) is 25.3 Å². The van der Waals surface area contributed by atoms with Gasteiger partial charge in [0.1, 0.15) is 17.3 Å². The average molecular weight is 412 g/mol. The van der Waals surface area contributed by atoms with Crippen LogP contribution in [0, 0.1) is 17.0 Å². The summed E-state index contributed by atoms with van der Waals surface area (Å²) >= 11 is 0. The van der Waals surface area contributed by atoms with E-state index in [1.54, 1.807) is 4.90 Å². The molecule has 2 aliphatic heterocycles. The van der Waals surface area contributed by atoms with Gasteiger partial charge in [0.2, 0.25) is 5.91 Å². The number of halogens is 4. The lowest BCUT2D eigenvalue weighted by molar-refractivity contribution is -0.136. The zero-order valence-electron chi connectivity index (χ0n) is 14.4. The molecule has 3 N–H and O–H groups in total. The number of carbonyl (C=O) groups is 1. The molecule has 1 amide bonds. The minimum Gasteiger partial charge on any atom is -0.381 e. The molecule has 2 aliphatic rings. The zero-order chi connectivity index (χ0) is 17.2. The highest BCUT2D eigenvalue weighted by atomic mass is 35.5. The highest BCUT2D eigenvalue weighted by molar-refractivity contribution is 5.85. The second-order valence-electron chi connectivity index (χ2n) is 6.57. The van der Waals surface area contributed by atoms with Gasteiger partial charge in [0, 0.05) is 38.9 Å². The normalized spacial score (nSPS) is 21.5. The first-order valence-electron chi connectivity index (χ1n) is 8.33. The zero-order valence-corrected chi connectivity index (χ0v) is 16.0. The Hall–Kier alpha value is -1.15. The lowest BCUT2D eigenvalue weighted by atomic mass is 9.79. The highest BCUT2D eigenvalue weighted by Gasteiger charge is 2.40. The maximum absolute atomic E-state index is 13.9. The summed E-state index contributed by atoms with van der Waals surface area (Å²) in [6.45, 7) is 2.23. The van der Waals surface area contributed by atoms with Gasteiger partial charge in [-0.3, -0.25) is 4.79 Å². The molecule has 1 atom stereocenters. The number of nitrogens with two attached hydrogens (primary N) is 1. The Bertz CT molecular complexity index is 595. The lowest BCUT2D eigenvalue weighted by Gasteiger charge is -2.35. The van der Waals surface area contributed by atoms with E-state index in [0.29, 0.717) is 45.6 Å². The summed E-state index contributed by atoms with van der Waals surface area (Å²) in [4.78, 5) is 14.3. The van der Waals surface area contributed by atoms with Crippen molar-refractivity contribution >= 4 is 36.4 Å². The molecule has 148 valence electrons. The first-order chi connectivity index (χ1) is 11.6. The summed E-state index contributed by atoms with van der Waals surface area (Å²) in [6.07, 6.45) is 1.86. The number of carbonyl (C=O) groups excluding carboxylic acids is 1. The van der Waals surface area contributed by atoms with Gasteiger partial charge < -0.3 is 20.7 Å². The predicted molar refractivity (Wildman–Crippen MR) is 101 cm³/mol. The molecule has 26 heavy (non-hydrogen) atoms. The van der Waals surface area contributed by atoms with Gasteiger partial charge in [-0.05, 0) is 31.4 Å². The third kappa shape index (κ3) is 4.57. The number of ether oxygens (including phenoxy) is 1. The molecule has 2 fully saturated rings. The number of rotatable bonds is 4. The number of nitrogens with zero attached hydrogens (tertiary/aromatic N) is 1. The Labute approximate surface area is 164 Å². The molecule has 2 saturated heterocycles. The molecule has 2 heterocycles. The van der Waals surface area contributed by atoms with E-state index in [0.717, 1.165) is 0 Å². The van der Waals surface area contributed by atoms with E-state index in [9.17, 15) is 13.6 Å². The van der Waals surface area contributed by atoms with E-state index in [1.807, 2.05) is 0 Å². The van der Waals surface area contributed by atoms with Crippen LogP contribution in [-0.2, 0) is 9.53 Å². The highest BCUT2D eigenvalue weighted by Crippen LogP contribution is 2.31. The van der Waals surface area contributed by atoms with Crippen LogP contribution in [0.1, 0.15) is 19.3 Å². The van der Waals surface area contributed by atoms with Crippen LogP contribution in [0.3, 0.4) is 0 Å². The van der Waals surface area contributed by atoms with Crippen molar-refractivity contribution < 1.29 is 18.3 Å². The predicted octanol–water partition coefficient (Wildman–Crippen LogP) is 2.26. The molecular formula is C17H25Cl2F2N3O2. The van der Waals surface area contributed by atoms with Crippen molar-refractivity contribution in [3.8, 4) is 0 Å². The molecule has 0 aromatic heterocycles. The standard InChI is InChI=1S/C17H23F2N3O2.2ClH/c18-13-2-1-3-14(19)15(13)22-7-4-12(10-22)21-16(23)17(11-20)5-8-24-9-6-17;;/h1-3,12H,4-11,20H2,(H,21,23);2*1H. The summed E-state index contributed by atoms with van der Waals surface area (Å²) in [5.41, 5.74) is 5.24. The number of benzene rings is 1. The summed E-state index contributed by atoms with van der Waals surface area (Å²) in [5.74, 6) is -1.23. The molecule has 0 spiro atoms. The van der Waals surface area contributed by atoms with Crippen molar-refractivity contribution in [1.82, 2.24) is 5.32 Å². The Morgan fingerprint density at radius 3 is 2.46 bits per heavy atom. The van der Waals surface area contributed by atoms with E-state index in [4.69, 9.17) is 10.5 Å². The second-order valence-corrected chi connectivity index (χ2v) is 6.57. The molecule has 9 heteroatoms. The van der Waals surface area contributed by atoms with Gasteiger partial charge in [0.15, 0.2) is 0 Å². The Balaban J connectivity index is 0.00000169. The number of para-hydroxylation sites is 1. The molecule has 3 rings (SSSR count). The Morgan fingerprint density at radius 2 is 1.88 bits per heavy atom. The molecule has 0 bridgehead atoms. The number of hydrogen-bond acceptors (Lipinski definition) is 4. The molecule has 1 unspecified atom stereocenters. The van der Waals surface area contributed by atoms with Gasteiger partial charge in [-0.1, -0.05) is 6.07 Å². The van der Waals surface area contributed by atoms with Crippen LogP contribution in [0.5, 0.6) is 0 Å². The summed E-state index contributed by atoms with van der Waals surface area (Å²) in [5, 5.41) is 3.02. The van der Waals surface area contributed by atoms with E-state index in [1.165, 1.54) is 18.2 Å². The number of anilines is 1. The Kier molecular flexibility index (Phi) is 8.53. The molecule has 0 radical (unpaired) electrons. The van der Waals surface area contributed by atoms with Crippen LogP contribution in [0.2, 0.25) is 0 Å². The fraction of sp³-hybridized carbons (Fsp3) is 0.588. The van der Waals surface area contributed by atoms with Crippen molar-refractivity contribution in [1.29, 1.82) is 0 Å². The van der Waals surface area contributed by atoms with Gasteiger partial charge in [0.25, 0.3) is 0 Å². The smallest absolute Gasteiger partial charge is 0.227 e. The van der Waals surface area contributed by atoms with Crippen LogP contribution in [0.15, 0.2) is 18.2 Å². The van der Waals surface area contributed by atoms with Crippen LogP contribution in [-0.4, -0.2) is 44.8 Å². The van der Waals surface area contributed by atoms with Crippen molar-refractivity contribution in [2.75, 3.05) is 37.7 Å². The number of hydrogen-bond donors (Lipinski definition) is 2. The summed E-state index contributed by atoms with van der Waals surface area (Å²) in [6, 6.07) is 3.70. The summed E-state index contributed by atoms with van der Waals surface area (Å²) < 4.78 is 33.1. The van der Waals surface area contributed by atoms with Gasteiger partial charge >= 0.3 is 0 Å². The van der Waals surface area contributed by atoms with Crippen molar-refractivity contribution in [3.63, 3.8) is 0 Å². The van der Waals surface area contributed by atoms with Crippen molar-refractivity contribution in [2.24, 2.45) is 11.1 Å². The first kappa shape index (κ1) is 22.9. The molecule has 1 aromatic rings. The maximum Gasteiger partial charge on any atom is 0.227 e. The maximum atomic E-state index is 13.9. The second kappa shape index (κ2) is 9.69. The van der Waals surface area contributed by atoms with Crippen LogP contribution in [0.4, 0.5) is 14.5 Å². The lowest BCUT2D eigenvalue weighted by Crippen LogP contribution is -2.52. The number of nitrogens with one attached hydrogen (secondary N) is 1. The first-order valence-corrected chi connectivity index (χ1v) is 8.33. The van der Waals surface area contributed by atoms with Crippen LogP contribution in [0.25, 0.3) is 0 Å². The van der Waals surface area contributed by atoms with E-state index in [2.05, 4.69) is 5.32 Å². The van der Waals surface area contributed by atoms with Crippen molar-refractivity contribution in [3.05, 3.63) is 29.8 Å². The molecule has 0 saturated carbocycles. The SMILES string of the molecule is Cl.Cl.NCC1(C(=O)NC2CCN(c3c(F)cccc3F)C2)CCOCC1. The van der Waals surface area contributed by atoms with Crippen LogP contribution >= 0.6 is 24.8 Å². The number of amides is 1. The van der Waals surface area contributed by atoms with E-state index < -0.39 is 17.0 Å². The fourth-order valence-electron chi connectivity index (χ4n) is 3.50. The fourth-order valence-corrected chi connectivity index (χ4v) is 3.50. The minimum absolute atomic E-state index is 0. The molecular weight excluding hydrogens is 387 g/mol. The monoisotopic (exact) mass is 411 g/mol. The molecule has 1 aromatic carbocycles. The van der Waals surface area contributed by atoms with Gasteiger partial charge in [-0.2, -0.15) is 0 Å². The quantitative estimate of drug-likeness (QED) is 0.797. The average Bonchev–Trinajstić information content (AvgIpc) is 3.03. The molecule has 0 aliphatic carbocycles. The van der Waals surface area contributed by atoms with Crippen LogP contribution < -0.4 is 16.0 Å². The molecule has 5 nitrogen and oxygen atoms in total. The summed E-state index contributed by atoms with van der Waals surface area (Å²) in [7, 11) is 0. The topological polar surface area (TPSA) is 67.6 Å². The van der Waals surface area contributed by atoms with Gasteiger partial charge in [-0.15, -0.1) is 24.8 Å². The van der Waals surface area contributed by atoms with Gasteiger partial charge in [0.05, 0.1) is 5.41 Å². The third-order valence-corrected chi connectivity index (χ3v) is 5.10. The van der Waals surface area contributed by atoms with Gasteiger partial charge in [-0.25, -0.2) is 8.78 Å². The van der Waals surface area contributed by atoms with E-state index in [-0.39, 0.29) is 49.0 Å².